The maximum Gasteiger partial charge on any atom is 0.243 e. The van der Waals surface area contributed by atoms with Gasteiger partial charge in [-0.25, -0.2) is 4.98 Å². The van der Waals surface area contributed by atoms with Crippen molar-refractivity contribution in [1.82, 2.24) is 4.98 Å². The molecule has 1 heterocycles. The molecule has 0 fully saturated rings. The summed E-state index contributed by atoms with van der Waals surface area (Å²) in [5, 5.41) is 4.24. The van der Waals surface area contributed by atoms with Crippen LogP contribution in [0.2, 0.25) is 5.02 Å². The van der Waals surface area contributed by atoms with Gasteiger partial charge in [-0.3, -0.25) is 4.79 Å². The molecule has 0 aliphatic rings. The summed E-state index contributed by atoms with van der Waals surface area (Å²) in [6, 6.07) is 12.8. The van der Waals surface area contributed by atoms with Crippen LogP contribution in [0.4, 0.5) is 10.8 Å². The van der Waals surface area contributed by atoms with Crippen LogP contribution in [0.5, 0.6) is 5.75 Å². The van der Waals surface area contributed by atoms with Gasteiger partial charge >= 0.3 is 0 Å². The number of hydrogen-bond donors (Lipinski definition) is 1. The summed E-state index contributed by atoms with van der Waals surface area (Å²) >= 11 is 7.36. The number of likely N-dealkylation sites (N-methyl/N-ethyl adjacent to an activating group) is 1. The molecule has 0 bridgehead atoms. The first-order chi connectivity index (χ1) is 11.6. The molecule has 0 saturated carbocycles. The number of carbonyl (C=O) groups is 1. The molecule has 0 aliphatic heterocycles. The number of nitrogens with one attached hydrogen (secondary N) is 1. The molecule has 124 valence electrons. The van der Waals surface area contributed by atoms with Gasteiger partial charge in [0.25, 0.3) is 0 Å². The van der Waals surface area contributed by atoms with Gasteiger partial charge in [-0.05, 0) is 36.4 Å². The van der Waals surface area contributed by atoms with Crippen LogP contribution >= 0.6 is 22.9 Å². The van der Waals surface area contributed by atoms with E-state index in [0.29, 0.717) is 10.7 Å². The largest absolute Gasteiger partial charge is 0.494 e. The molecule has 1 aromatic heterocycles. The lowest BCUT2D eigenvalue weighted by molar-refractivity contribution is -0.114. The maximum atomic E-state index is 12.2. The Labute approximate surface area is 148 Å². The first-order valence-corrected chi connectivity index (χ1v) is 8.46. The van der Waals surface area contributed by atoms with Gasteiger partial charge in [0.05, 0.1) is 18.4 Å². The van der Waals surface area contributed by atoms with Gasteiger partial charge in [-0.2, -0.15) is 0 Å². The number of methoxy groups -OCH3 is 1. The molecule has 0 radical (unpaired) electrons. The van der Waals surface area contributed by atoms with Crippen LogP contribution in [0.25, 0.3) is 10.2 Å². The van der Waals surface area contributed by atoms with Crippen LogP contribution in [0.1, 0.15) is 0 Å². The smallest absolute Gasteiger partial charge is 0.243 e. The predicted molar refractivity (Wildman–Crippen MR) is 99.5 cm³/mol. The molecule has 1 amide bonds. The van der Waals surface area contributed by atoms with Crippen LogP contribution in [0, 0.1) is 0 Å². The second-order valence-electron chi connectivity index (χ2n) is 5.21. The second-order valence-corrected chi connectivity index (χ2v) is 6.66. The lowest BCUT2D eigenvalue weighted by Gasteiger charge is -2.15. The summed E-state index contributed by atoms with van der Waals surface area (Å²) in [4.78, 5) is 18.6. The van der Waals surface area contributed by atoms with Gasteiger partial charge in [0, 0.05) is 17.8 Å². The second kappa shape index (κ2) is 7.07. The number of nitrogens with zero attached hydrogens (tertiary/aromatic N) is 2. The van der Waals surface area contributed by atoms with Crippen molar-refractivity contribution >= 4 is 49.9 Å². The Hall–Kier alpha value is -2.31. The summed E-state index contributed by atoms with van der Waals surface area (Å²) in [5.41, 5.74) is 1.52. The molecule has 0 saturated heterocycles. The standard InChI is InChI=1S/C17H16ClN3O2S/c1-21(10-15(22)19-12-8-6-11(18)7-9-12)17-20-16-13(23-2)4-3-5-14(16)24-17/h3-9H,10H2,1-2H3,(H,19,22). The van der Waals surface area contributed by atoms with Crippen molar-refractivity contribution < 1.29 is 9.53 Å². The van der Waals surface area contributed by atoms with Crippen LogP contribution in [0.15, 0.2) is 42.5 Å². The summed E-state index contributed by atoms with van der Waals surface area (Å²) in [6.45, 7) is 0.199. The summed E-state index contributed by atoms with van der Waals surface area (Å²) in [5.74, 6) is 0.611. The number of aromatic nitrogens is 1. The summed E-state index contributed by atoms with van der Waals surface area (Å²) in [6.07, 6.45) is 0. The van der Waals surface area contributed by atoms with E-state index in [9.17, 15) is 4.79 Å². The third-order valence-electron chi connectivity index (χ3n) is 3.43. The summed E-state index contributed by atoms with van der Waals surface area (Å²) in [7, 11) is 3.46. The zero-order valence-corrected chi connectivity index (χ0v) is 14.8. The van der Waals surface area contributed by atoms with E-state index in [0.717, 1.165) is 21.1 Å². The Balaban J connectivity index is 1.71. The van der Waals surface area contributed by atoms with Crippen molar-refractivity contribution in [3.8, 4) is 5.75 Å². The fraction of sp³-hybridized carbons (Fsp3) is 0.176. The fourth-order valence-corrected chi connectivity index (χ4v) is 3.33. The first-order valence-electron chi connectivity index (χ1n) is 7.27. The topological polar surface area (TPSA) is 54.5 Å². The number of rotatable bonds is 5. The molecule has 5 nitrogen and oxygen atoms in total. The third-order valence-corrected chi connectivity index (χ3v) is 4.81. The minimum absolute atomic E-state index is 0.119. The zero-order chi connectivity index (χ0) is 17.1. The van der Waals surface area contributed by atoms with Gasteiger partial charge in [0.15, 0.2) is 5.13 Å². The van der Waals surface area contributed by atoms with E-state index in [1.54, 1.807) is 31.4 Å². The number of amides is 1. The fourth-order valence-electron chi connectivity index (χ4n) is 2.26. The third kappa shape index (κ3) is 3.60. The Bertz CT molecular complexity index is 864. The van der Waals surface area contributed by atoms with E-state index in [-0.39, 0.29) is 12.5 Å². The molecule has 0 aliphatic carbocycles. The van der Waals surface area contributed by atoms with Crippen LogP contribution < -0.4 is 15.0 Å². The minimum atomic E-state index is -0.119. The van der Waals surface area contributed by atoms with Crippen molar-refractivity contribution in [3.05, 3.63) is 47.5 Å². The highest BCUT2D eigenvalue weighted by atomic mass is 35.5. The zero-order valence-electron chi connectivity index (χ0n) is 13.2. The summed E-state index contributed by atoms with van der Waals surface area (Å²) < 4.78 is 6.35. The van der Waals surface area contributed by atoms with Crippen molar-refractivity contribution in [2.24, 2.45) is 0 Å². The van der Waals surface area contributed by atoms with Crippen molar-refractivity contribution in [2.75, 3.05) is 30.9 Å². The average Bonchev–Trinajstić information content (AvgIpc) is 3.01. The molecule has 0 atom stereocenters. The predicted octanol–water partition coefficient (Wildman–Crippen LogP) is 4.03. The normalized spacial score (nSPS) is 10.6. The van der Waals surface area contributed by atoms with Gasteiger partial charge in [-0.1, -0.05) is 29.0 Å². The van der Waals surface area contributed by atoms with E-state index in [2.05, 4.69) is 10.3 Å². The Morgan fingerprint density at radius 1 is 1.29 bits per heavy atom. The molecule has 0 spiro atoms. The Kier molecular flexibility index (Phi) is 4.87. The number of ether oxygens (including phenoxy) is 1. The van der Waals surface area contributed by atoms with E-state index >= 15 is 0 Å². The number of halogens is 1. The molecule has 3 rings (SSSR count). The highest BCUT2D eigenvalue weighted by Gasteiger charge is 2.14. The molecular formula is C17H16ClN3O2S. The van der Waals surface area contributed by atoms with Gasteiger partial charge in [-0.15, -0.1) is 0 Å². The molecule has 7 heteroatoms. The van der Waals surface area contributed by atoms with Crippen molar-refractivity contribution in [3.63, 3.8) is 0 Å². The lowest BCUT2D eigenvalue weighted by Crippen LogP contribution is -2.29. The molecule has 0 unspecified atom stereocenters. The minimum Gasteiger partial charge on any atom is -0.494 e. The monoisotopic (exact) mass is 361 g/mol. The quantitative estimate of drug-likeness (QED) is 0.745. The number of anilines is 2. The number of carbonyl (C=O) groups excluding carboxylic acids is 1. The molecule has 1 N–H and O–H groups in total. The van der Waals surface area contributed by atoms with E-state index in [4.69, 9.17) is 16.3 Å². The van der Waals surface area contributed by atoms with E-state index < -0.39 is 0 Å². The number of thiazole rings is 1. The molecular weight excluding hydrogens is 346 g/mol. The Morgan fingerprint density at radius 2 is 2.04 bits per heavy atom. The SMILES string of the molecule is COc1cccc2sc(N(C)CC(=O)Nc3ccc(Cl)cc3)nc12. The van der Waals surface area contributed by atoms with Crippen LogP contribution in [-0.4, -0.2) is 31.6 Å². The Morgan fingerprint density at radius 3 is 2.75 bits per heavy atom. The van der Waals surface area contributed by atoms with Gasteiger partial charge in [0.1, 0.15) is 11.3 Å². The van der Waals surface area contributed by atoms with Crippen molar-refractivity contribution in [2.45, 2.75) is 0 Å². The molecule has 3 aromatic rings. The number of para-hydroxylation sites is 1. The number of hydrogen-bond acceptors (Lipinski definition) is 5. The van der Waals surface area contributed by atoms with Crippen LogP contribution in [-0.2, 0) is 4.79 Å². The molecule has 2 aromatic carbocycles. The highest BCUT2D eigenvalue weighted by molar-refractivity contribution is 7.22. The number of fused-ring (bicyclic) bond motifs is 1. The lowest BCUT2D eigenvalue weighted by atomic mass is 10.3. The molecule has 24 heavy (non-hydrogen) atoms. The van der Waals surface area contributed by atoms with Gasteiger partial charge < -0.3 is 15.0 Å². The van der Waals surface area contributed by atoms with Gasteiger partial charge in [0.2, 0.25) is 5.91 Å². The van der Waals surface area contributed by atoms with E-state index in [1.165, 1.54) is 11.3 Å². The number of benzene rings is 2. The average molecular weight is 362 g/mol. The first kappa shape index (κ1) is 16.5. The van der Waals surface area contributed by atoms with Crippen LogP contribution in [0.3, 0.4) is 0 Å². The van der Waals surface area contributed by atoms with Crippen molar-refractivity contribution in [1.29, 1.82) is 0 Å². The van der Waals surface area contributed by atoms with E-state index in [1.807, 2.05) is 30.1 Å². The highest BCUT2D eigenvalue weighted by Crippen LogP contribution is 2.33. The maximum absolute atomic E-state index is 12.2.